The van der Waals surface area contributed by atoms with Gasteiger partial charge < -0.3 is 10.0 Å². The third-order valence-corrected chi connectivity index (χ3v) is 3.10. The van der Waals surface area contributed by atoms with Crippen molar-refractivity contribution in [2.75, 3.05) is 26.2 Å². The molecule has 0 aromatic rings. The van der Waals surface area contributed by atoms with Crippen LogP contribution in [0.25, 0.3) is 0 Å². The maximum atomic E-state index is 8.97. The molecule has 0 aromatic carbocycles. The van der Waals surface area contributed by atoms with Gasteiger partial charge in [-0.25, -0.2) is 0 Å². The predicted octanol–water partition coefficient (Wildman–Crippen LogP) is 1.74. The van der Waals surface area contributed by atoms with E-state index in [1.54, 1.807) is 0 Å². The van der Waals surface area contributed by atoms with Gasteiger partial charge in [0.05, 0.1) is 0 Å². The summed E-state index contributed by atoms with van der Waals surface area (Å²) in [5, 5.41) is 8.97. The van der Waals surface area contributed by atoms with Crippen molar-refractivity contribution >= 4 is 0 Å². The van der Waals surface area contributed by atoms with Crippen LogP contribution in [0.5, 0.6) is 0 Å². The summed E-state index contributed by atoms with van der Waals surface area (Å²) >= 11 is 0. The van der Waals surface area contributed by atoms with Crippen LogP contribution in [0.4, 0.5) is 0 Å². The number of hydrogen-bond donors (Lipinski definition) is 1. The minimum Gasteiger partial charge on any atom is -0.396 e. The Morgan fingerprint density at radius 3 is 2.92 bits per heavy atom. The fourth-order valence-corrected chi connectivity index (χ4v) is 2.27. The number of nitrogens with zero attached hydrogens (tertiary/aromatic N) is 1. The topological polar surface area (TPSA) is 23.5 Å². The van der Waals surface area contributed by atoms with Gasteiger partial charge in [-0.15, -0.1) is 0 Å². The van der Waals surface area contributed by atoms with E-state index in [1.807, 2.05) is 0 Å². The molecule has 1 heterocycles. The fraction of sp³-hybridized carbons (Fsp3) is 1.00. The molecule has 0 saturated carbocycles. The number of piperidine rings is 1. The van der Waals surface area contributed by atoms with E-state index >= 15 is 0 Å². The molecule has 1 aliphatic rings. The number of hydrogen-bond acceptors (Lipinski definition) is 2. The van der Waals surface area contributed by atoms with Crippen molar-refractivity contribution in [2.24, 2.45) is 11.8 Å². The molecule has 0 bridgehead atoms. The van der Waals surface area contributed by atoms with Gasteiger partial charge in [0.15, 0.2) is 0 Å². The lowest BCUT2D eigenvalue weighted by Gasteiger charge is -2.32. The average Bonchev–Trinajstić information content (AvgIpc) is 2.18. The zero-order chi connectivity index (χ0) is 9.68. The molecule has 2 heteroatoms. The van der Waals surface area contributed by atoms with Crippen LogP contribution >= 0.6 is 0 Å². The van der Waals surface area contributed by atoms with Crippen molar-refractivity contribution < 1.29 is 5.11 Å². The van der Waals surface area contributed by atoms with E-state index in [4.69, 9.17) is 5.11 Å². The van der Waals surface area contributed by atoms with Crippen molar-refractivity contribution in [3.63, 3.8) is 0 Å². The largest absolute Gasteiger partial charge is 0.396 e. The van der Waals surface area contributed by atoms with Gasteiger partial charge in [-0.05, 0) is 44.2 Å². The molecule has 0 amide bonds. The summed E-state index contributed by atoms with van der Waals surface area (Å²) in [6.45, 7) is 8.44. The zero-order valence-corrected chi connectivity index (χ0v) is 9.00. The molecule has 1 N–H and O–H groups in total. The smallest absolute Gasteiger partial charge is 0.0456 e. The Labute approximate surface area is 81.9 Å². The first-order valence-electron chi connectivity index (χ1n) is 5.59. The van der Waals surface area contributed by atoms with Gasteiger partial charge in [-0.2, -0.15) is 0 Å². The average molecular weight is 185 g/mol. The third-order valence-electron chi connectivity index (χ3n) is 3.10. The van der Waals surface area contributed by atoms with E-state index < -0.39 is 0 Å². The van der Waals surface area contributed by atoms with Crippen LogP contribution in [0.1, 0.15) is 33.1 Å². The summed E-state index contributed by atoms with van der Waals surface area (Å²) in [6, 6.07) is 0. The van der Waals surface area contributed by atoms with Crippen molar-refractivity contribution in [3.05, 3.63) is 0 Å². The zero-order valence-electron chi connectivity index (χ0n) is 9.00. The molecule has 78 valence electrons. The number of aliphatic hydroxyl groups is 1. The van der Waals surface area contributed by atoms with Crippen molar-refractivity contribution in [3.8, 4) is 0 Å². The lowest BCUT2D eigenvalue weighted by Crippen LogP contribution is -2.35. The number of aliphatic hydroxyl groups excluding tert-OH is 1. The molecule has 2 nitrogen and oxygen atoms in total. The highest BCUT2D eigenvalue weighted by molar-refractivity contribution is 4.73. The van der Waals surface area contributed by atoms with Gasteiger partial charge in [0, 0.05) is 13.2 Å². The van der Waals surface area contributed by atoms with Crippen LogP contribution < -0.4 is 0 Å². The molecule has 2 atom stereocenters. The van der Waals surface area contributed by atoms with Crippen LogP contribution in [0.2, 0.25) is 0 Å². The van der Waals surface area contributed by atoms with Crippen LogP contribution in [0, 0.1) is 11.8 Å². The van der Waals surface area contributed by atoms with E-state index in [0.717, 1.165) is 5.92 Å². The lowest BCUT2D eigenvalue weighted by atomic mass is 9.89. The van der Waals surface area contributed by atoms with Crippen LogP contribution in [-0.2, 0) is 0 Å². The molecular weight excluding hydrogens is 162 g/mol. The SMILES string of the molecule is CCN1CCCC(CC(C)CO)C1. The molecule has 0 radical (unpaired) electrons. The first-order chi connectivity index (χ1) is 6.26. The Bertz CT molecular complexity index is 136. The van der Waals surface area contributed by atoms with E-state index in [-0.39, 0.29) is 0 Å². The van der Waals surface area contributed by atoms with E-state index in [1.165, 1.54) is 38.9 Å². The van der Waals surface area contributed by atoms with Gasteiger partial charge >= 0.3 is 0 Å². The standard InChI is InChI=1S/C11H23NO/c1-3-12-6-4-5-11(8-12)7-10(2)9-13/h10-11,13H,3-9H2,1-2H3. The minimum absolute atomic E-state index is 0.350. The molecule has 1 saturated heterocycles. The fourth-order valence-electron chi connectivity index (χ4n) is 2.27. The molecule has 1 fully saturated rings. The Kier molecular flexibility index (Phi) is 4.74. The monoisotopic (exact) mass is 185 g/mol. The second-order valence-corrected chi connectivity index (χ2v) is 4.42. The lowest BCUT2D eigenvalue weighted by molar-refractivity contribution is 0.144. The quantitative estimate of drug-likeness (QED) is 0.721. The highest BCUT2D eigenvalue weighted by Crippen LogP contribution is 2.22. The van der Waals surface area contributed by atoms with Gasteiger partial charge in [-0.1, -0.05) is 13.8 Å². The normalized spacial score (nSPS) is 27.5. The molecule has 0 spiro atoms. The van der Waals surface area contributed by atoms with Crippen LogP contribution in [0.3, 0.4) is 0 Å². The van der Waals surface area contributed by atoms with Gasteiger partial charge in [0.1, 0.15) is 0 Å². The van der Waals surface area contributed by atoms with E-state index in [9.17, 15) is 0 Å². The number of rotatable bonds is 4. The van der Waals surface area contributed by atoms with E-state index in [0.29, 0.717) is 12.5 Å². The summed E-state index contributed by atoms with van der Waals surface area (Å²) < 4.78 is 0. The van der Waals surface area contributed by atoms with Gasteiger partial charge in [-0.3, -0.25) is 0 Å². The Hall–Kier alpha value is -0.0800. The van der Waals surface area contributed by atoms with E-state index in [2.05, 4.69) is 18.7 Å². The van der Waals surface area contributed by atoms with Gasteiger partial charge in [0.25, 0.3) is 0 Å². The third kappa shape index (κ3) is 3.65. The molecule has 0 aromatic heterocycles. The van der Waals surface area contributed by atoms with Gasteiger partial charge in [0.2, 0.25) is 0 Å². The number of likely N-dealkylation sites (tertiary alicyclic amines) is 1. The second-order valence-electron chi connectivity index (χ2n) is 4.42. The van der Waals surface area contributed by atoms with Crippen molar-refractivity contribution in [1.82, 2.24) is 4.90 Å². The second kappa shape index (κ2) is 5.61. The maximum Gasteiger partial charge on any atom is 0.0456 e. The molecule has 1 aliphatic heterocycles. The summed E-state index contributed by atoms with van der Waals surface area (Å²) in [5.41, 5.74) is 0. The van der Waals surface area contributed by atoms with Crippen LogP contribution in [0.15, 0.2) is 0 Å². The summed E-state index contributed by atoms with van der Waals surface area (Å²) in [7, 11) is 0. The summed E-state index contributed by atoms with van der Waals surface area (Å²) in [6.07, 6.45) is 3.91. The molecule has 0 aliphatic carbocycles. The first kappa shape index (κ1) is 11.0. The highest BCUT2D eigenvalue weighted by Gasteiger charge is 2.19. The molecule has 2 unspecified atom stereocenters. The minimum atomic E-state index is 0.350. The Morgan fingerprint density at radius 1 is 1.54 bits per heavy atom. The Balaban J connectivity index is 2.25. The van der Waals surface area contributed by atoms with Crippen molar-refractivity contribution in [2.45, 2.75) is 33.1 Å². The first-order valence-corrected chi connectivity index (χ1v) is 5.59. The molecule has 13 heavy (non-hydrogen) atoms. The molecule has 1 rings (SSSR count). The summed E-state index contributed by atoms with van der Waals surface area (Å²) in [4.78, 5) is 2.53. The maximum absolute atomic E-state index is 8.97. The van der Waals surface area contributed by atoms with Crippen molar-refractivity contribution in [1.29, 1.82) is 0 Å². The highest BCUT2D eigenvalue weighted by atomic mass is 16.3. The Morgan fingerprint density at radius 2 is 2.31 bits per heavy atom. The molecular formula is C11H23NO. The summed E-state index contributed by atoms with van der Waals surface area (Å²) in [5.74, 6) is 1.32. The predicted molar refractivity (Wildman–Crippen MR) is 55.7 cm³/mol. The van der Waals surface area contributed by atoms with Crippen LogP contribution in [-0.4, -0.2) is 36.2 Å².